The fraction of sp³-hybridized carbons (Fsp3) is 0.435. The highest BCUT2D eigenvalue weighted by Gasteiger charge is 2.24. The number of nitrogens with one attached hydrogen (secondary N) is 1. The molecule has 0 unspecified atom stereocenters. The summed E-state index contributed by atoms with van der Waals surface area (Å²) in [6.45, 7) is 4.20. The van der Waals surface area contributed by atoms with E-state index >= 15 is 0 Å². The molecule has 1 saturated carbocycles. The molecule has 0 saturated heterocycles. The van der Waals surface area contributed by atoms with Gasteiger partial charge in [-0.05, 0) is 55.4 Å². The summed E-state index contributed by atoms with van der Waals surface area (Å²) in [5.41, 5.74) is 2.07. The highest BCUT2D eigenvalue weighted by atomic mass is 16.5. The molecule has 6 nitrogen and oxygen atoms in total. The number of rotatable bonds is 6. The zero-order valence-corrected chi connectivity index (χ0v) is 17.1. The number of carbonyl (C=O) groups excluding carboxylic acids is 1. The van der Waals surface area contributed by atoms with Crippen molar-refractivity contribution in [2.45, 2.75) is 57.6 Å². The number of aromatic nitrogens is 1. The maximum atomic E-state index is 12.5. The highest BCUT2D eigenvalue weighted by molar-refractivity contribution is 5.92. The second-order valence-electron chi connectivity index (χ2n) is 7.67. The number of pyridine rings is 1. The minimum absolute atomic E-state index is 0.0873. The first-order valence-corrected chi connectivity index (χ1v) is 10.0. The molecule has 0 spiro atoms. The van der Waals surface area contributed by atoms with E-state index in [1.54, 1.807) is 37.6 Å². The molecule has 0 radical (unpaired) electrons. The second-order valence-corrected chi connectivity index (χ2v) is 7.67. The van der Waals surface area contributed by atoms with Crippen molar-refractivity contribution in [1.29, 1.82) is 5.26 Å². The molecule has 152 valence electrons. The van der Waals surface area contributed by atoms with Gasteiger partial charge in [-0.25, -0.2) is 0 Å². The van der Waals surface area contributed by atoms with Gasteiger partial charge in [-0.15, -0.1) is 0 Å². The SMILES string of the molecule is COc1cc(OC2CCC(NC(=O)c3ccc(C(C)C)cn3)CC2)ccc1C#N. The molecule has 0 bridgehead atoms. The largest absolute Gasteiger partial charge is 0.495 e. The number of hydrogen-bond donors (Lipinski definition) is 1. The van der Waals surface area contributed by atoms with E-state index in [0.717, 1.165) is 31.2 Å². The second kappa shape index (κ2) is 9.42. The number of methoxy groups -OCH3 is 1. The van der Waals surface area contributed by atoms with Gasteiger partial charge in [0, 0.05) is 18.3 Å². The predicted octanol–water partition coefficient (Wildman–Crippen LogP) is 4.21. The minimum Gasteiger partial charge on any atom is -0.495 e. The van der Waals surface area contributed by atoms with Crippen LogP contribution in [0.4, 0.5) is 0 Å². The van der Waals surface area contributed by atoms with Crippen molar-refractivity contribution in [3.05, 3.63) is 53.3 Å². The Bertz CT molecular complexity index is 879. The average molecular weight is 393 g/mol. The molecule has 0 atom stereocenters. The van der Waals surface area contributed by atoms with E-state index in [4.69, 9.17) is 14.7 Å². The number of carbonyl (C=O) groups is 1. The van der Waals surface area contributed by atoms with Crippen LogP contribution in [-0.2, 0) is 0 Å². The Labute approximate surface area is 171 Å². The summed E-state index contributed by atoms with van der Waals surface area (Å²) in [5, 5.41) is 12.2. The first-order valence-electron chi connectivity index (χ1n) is 10.0. The van der Waals surface area contributed by atoms with E-state index in [-0.39, 0.29) is 18.1 Å². The molecule has 1 heterocycles. The van der Waals surface area contributed by atoms with Crippen molar-refractivity contribution < 1.29 is 14.3 Å². The van der Waals surface area contributed by atoms with Gasteiger partial charge in [0.25, 0.3) is 5.91 Å². The Morgan fingerprint density at radius 3 is 2.55 bits per heavy atom. The summed E-state index contributed by atoms with van der Waals surface area (Å²) in [6.07, 6.45) is 5.28. The van der Waals surface area contributed by atoms with Gasteiger partial charge in [0.2, 0.25) is 0 Å². The van der Waals surface area contributed by atoms with Gasteiger partial charge in [-0.2, -0.15) is 5.26 Å². The molecule has 1 aliphatic rings. The lowest BCUT2D eigenvalue weighted by Crippen LogP contribution is -2.40. The molecule has 1 aromatic heterocycles. The fourth-order valence-corrected chi connectivity index (χ4v) is 3.50. The molecule has 1 aromatic carbocycles. The van der Waals surface area contributed by atoms with Crippen LogP contribution in [0.3, 0.4) is 0 Å². The minimum atomic E-state index is -0.124. The molecule has 1 aliphatic carbocycles. The lowest BCUT2D eigenvalue weighted by molar-refractivity contribution is 0.0889. The topological polar surface area (TPSA) is 84.2 Å². The number of benzene rings is 1. The van der Waals surface area contributed by atoms with E-state index < -0.39 is 0 Å². The van der Waals surface area contributed by atoms with Crippen molar-refractivity contribution >= 4 is 5.91 Å². The number of nitriles is 1. The lowest BCUT2D eigenvalue weighted by Gasteiger charge is -2.29. The molecule has 2 aromatic rings. The summed E-state index contributed by atoms with van der Waals surface area (Å²) < 4.78 is 11.3. The Morgan fingerprint density at radius 2 is 1.97 bits per heavy atom. The zero-order chi connectivity index (χ0) is 20.8. The zero-order valence-electron chi connectivity index (χ0n) is 17.1. The maximum Gasteiger partial charge on any atom is 0.270 e. The van der Waals surface area contributed by atoms with Crippen LogP contribution in [0.2, 0.25) is 0 Å². The number of ether oxygens (including phenoxy) is 2. The molecule has 1 N–H and O–H groups in total. The van der Waals surface area contributed by atoms with E-state index in [9.17, 15) is 4.79 Å². The maximum absolute atomic E-state index is 12.5. The monoisotopic (exact) mass is 393 g/mol. The van der Waals surface area contributed by atoms with Crippen LogP contribution < -0.4 is 14.8 Å². The summed E-state index contributed by atoms with van der Waals surface area (Å²) >= 11 is 0. The summed E-state index contributed by atoms with van der Waals surface area (Å²) in [6, 6.07) is 11.2. The third kappa shape index (κ3) is 5.26. The van der Waals surface area contributed by atoms with Crippen molar-refractivity contribution in [2.24, 2.45) is 0 Å². The first-order chi connectivity index (χ1) is 14.0. The van der Waals surface area contributed by atoms with Crippen molar-refractivity contribution in [1.82, 2.24) is 10.3 Å². The van der Waals surface area contributed by atoms with Crippen molar-refractivity contribution in [2.75, 3.05) is 7.11 Å². The van der Waals surface area contributed by atoms with Crippen LogP contribution in [0.1, 0.15) is 67.1 Å². The van der Waals surface area contributed by atoms with Crippen LogP contribution in [0, 0.1) is 11.3 Å². The molecular formula is C23H27N3O3. The number of hydrogen-bond acceptors (Lipinski definition) is 5. The Balaban J connectivity index is 1.50. The third-order valence-corrected chi connectivity index (χ3v) is 5.29. The Kier molecular flexibility index (Phi) is 6.71. The normalized spacial score (nSPS) is 18.7. The average Bonchev–Trinajstić information content (AvgIpc) is 2.75. The summed E-state index contributed by atoms with van der Waals surface area (Å²) in [5.74, 6) is 1.48. The predicted molar refractivity (Wildman–Crippen MR) is 110 cm³/mol. The highest BCUT2D eigenvalue weighted by Crippen LogP contribution is 2.28. The van der Waals surface area contributed by atoms with Gasteiger partial charge in [0.1, 0.15) is 23.3 Å². The van der Waals surface area contributed by atoms with Crippen molar-refractivity contribution in [3.8, 4) is 17.6 Å². The number of nitrogens with zero attached hydrogens (tertiary/aromatic N) is 2. The summed E-state index contributed by atoms with van der Waals surface area (Å²) in [7, 11) is 1.54. The molecule has 6 heteroatoms. The van der Waals surface area contributed by atoms with Crippen LogP contribution in [0.15, 0.2) is 36.5 Å². The van der Waals surface area contributed by atoms with E-state index in [2.05, 4.69) is 30.2 Å². The van der Waals surface area contributed by atoms with Crippen LogP contribution >= 0.6 is 0 Å². The standard InChI is InChI=1S/C23H27N3O3/c1-15(2)17-5-11-21(25-14-17)23(27)26-18-6-9-19(10-7-18)29-20-8-4-16(13-24)22(12-20)28-3/h4-5,8,11-12,14-15,18-19H,6-7,9-10H2,1-3H3,(H,26,27). The van der Waals surface area contributed by atoms with Crippen LogP contribution in [-0.4, -0.2) is 30.1 Å². The first kappa shape index (κ1) is 20.7. The van der Waals surface area contributed by atoms with E-state index in [1.165, 1.54) is 0 Å². The Hall–Kier alpha value is -3.07. The smallest absolute Gasteiger partial charge is 0.270 e. The van der Waals surface area contributed by atoms with E-state index in [1.807, 2.05) is 6.07 Å². The molecular weight excluding hydrogens is 366 g/mol. The van der Waals surface area contributed by atoms with Crippen molar-refractivity contribution in [3.63, 3.8) is 0 Å². The van der Waals surface area contributed by atoms with Gasteiger partial charge in [0.15, 0.2) is 0 Å². The number of amides is 1. The third-order valence-electron chi connectivity index (χ3n) is 5.29. The van der Waals surface area contributed by atoms with Crippen LogP contribution in [0.25, 0.3) is 0 Å². The quantitative estimate of drug-likeness (QED) is 0.795. The molecule has 3 rings (SSSR count). The Morgan fingerprint density at radius 1 is 1.21 bits per heavy atom. The molecule has 29 heavy (non-hydrogen) atoms. The van der Waals surface area contributed by atoms with Crippen LogP contribution in [0.5, 0.6) is 11.5 Å². The van der Waals surface area contributed by atoms with Gasteiger partial charge >= 0.3 is 0 Å². The van der Waals surface area contributed by atoms with Gasteiger partial charge in [-0.3, -0.25) is 9.78 Å². The van der Waals surface area contributed by atoms with Gasteiger partial charge in [0.05, 0.1) is 18.8 Å². The molecule has 1 amide bonds. The lowest BCUT2D eigenvalue weighted by atomic mass is 9.92. The van der Waals surface area contributed by atoms with Gasteiger partial charge < -0.3 is 14.8 Å². The fourth-order valence-electron chi connectivity index (χ4n) is 3.50. The van der Waals surface area contributed by atoms with E-state index in [0.29, 0.717) is 28.7 Å². The summed E-state index contributed by atoms with van der Waals surface area (Å²) in [4.78, 5) is 16.7. The van der Waals surface area contributed by atoms with Gasteiger partial charge in [-0.1, -0.05) is 19.9 Å². The molecule has 0 aliphatic heterocycles. The molecule has 1 fully saturated rings.